The lowest BCUT2D eigenvalue weighted by molar-refractivity contribution is -0.139. The van der Waals surface area contributed by atoms with Gasteiger partial charge in [0, 0.05) is 61.6 Å². The van der Waals surface area contributed by atoms with Gasteiger partial charge in [-0.3, -0.25) is 14.5 Å². The summed E-state index contributed by atoms with van der Waals surface area (Å²) in [6.45, 7) is 9.44. The Morgan fingerprint density at radius 1 is 1.08 bits per heavy atom. The van der Waals surface area contributed by atoms with Crippen LogP contribution in [0.4, 0.5) is 5.69 Å². The molecule has 2 N–H and O–H groups in total. The number of piperidine rings is 1. The first-order valence-corrected chi connectivity index (χ1v) is 19.7. The fraction of sp³-hybridized carbons (Fsp3) is 0.591. The molecule has 1 heterocycles. The first kappa shape index (κ1) is 38.1. The molecule has 8 nitrogen and oxygen atoms in total. The molecular weight excluding hydrogens is 647 g/mol. The summed E-state index contributed by atoms with van der Waals surface area (Å²) in [6, 6.07) is 12.5. The fourth-order valence-corrected chi connectivity index (χ4v) is 9.66. The number of likely N-dealkylation sites (N-methyl/N-ethyl adjacent to an activating group) is 1. The minimum Gasteiger partial charge on any atom is -0.496 e. The van der Waals surface area contributed by atoms with Crippen molar-refractivity contribution in [3.63, 3.8) is 0 Å². The van der Waals surface area contributed by atoms with E-state index in [4.69, 9.17) is 4.74 Å². The zero-order valence-electron chi connectivity index (χ0n) is 33.0. The zero-order valence-corrected chi connectivity index (χ0v) is 33.0. The van der Waals surface area contributed by atoms with Crippen molar-refractivity contribution < 1.29 is 14.3 Å². The van der Waals surface area contributed by atoms with Crippen molar-refractivity contribution in [2.45, 2.75) is 96.8 Å². The molecular formula is C44H63N5O3. The molecule has 1 aliphatic heterocycles. The van der Waals surface area contributed by atoms with E-state index < -0.39 is 0 Å². The van der Waals surface area contributed by atoms with E-state index in [1.807, 2.05) is 31.1 Å². The molecule has 1 saturated heterocycles. The number of nitrogens with zero attached hydrogens (tertiary/aromatic N) is 3. The first-order valence-electron chi connectivity index (χ1n) is 19.7. The number of anilines is 1. The molecule has 2 bridgehead atoms. The van der Waals surface area contributed by atoms with Crippen LogP contribution in [0.1, 0.15) is 88.1 Å². The lowest BCUT2D eigenvalue weighted by Gasteiger charge is -2.62. The quantitative estimate of drug-likeness (QED) is 0.228. The highest BCUT2D eigenvalue weighted by molar-refractivity contribution is 5.97. The maximum absolute atomic E-state index is 14.0. The monoisotopic (exact) mass is 709 g/mol. The van der Waals surface area contributed by atoms with E-state index in [1.165, 1.54) is 12.0 Å². The number of fused-ring (bicyclic) bond motifs is 2. The Labute approximate surface area is 313 Å². The predicted octanol–water partition coefficient (Wildman–Crippen LogP) is 7.30. The van der Waals surface area contributed by atoms with E-state index in [-0.39, 0.29) is 29.9 Å². The highest BCUT2D eigenvalue weighted by Gasteiger charge is 2.56. The van der Waals surface area contributed by atoms with E-state index in [2.05, 4.69) is 97.8 Å². The van der Waals surface area contributed by atoms with Gasteiger partial charge in [0.1, 0.15) is 5.75 Å². The van der Waals surface area contributed by atoms with Crippen molar-refractivity contribution in [3.8, 4) is 16.9 Å². The van der Waals surface area contributed by atoms with Gasteiger partial charge >= 0.3 is 0 Å². The molecule has 4 fully saturated rings. The predicted molar refractivity (Wildman–Crippen MR) is 213 cm³/mol. The molecule has 8 heteroatoms. The summed E-state index contributed by atoms with van der Waals surface area (Å²) in [5.74, 6) is 2.81. The fourth-order valence-electron chi connectivity index (χ4n) is 9.66. The average molecular weight is 710 g/mol. The number of carbonyl (C=O) groups excluding carboxylic acids is 2. The Morgan fingerprint density at radius 3 is 2.56 bits per heavy atom. The molecule has 0 unspecified atom stereocenters. The highest BCUT2D eigenvalue weighted by atomic mass is 16.5. The van der Waals surface area contributed by atoms with Gasteiger partial charge in [-0.15, -0.1) is 0 Å². The van der Waals surface area contributed by atoms with Crippen molar-refractivity contribution in [2.75, 3.05) is 53.3 Å². The number of hydrogen-bond donors (Lipinski definition) is 2. The van der Waals surface area contributed by atoms with E-state index in [0.29, 0.717) is 35.3 Å². The van der Waals surface area contributed by atoms with Gasteiger partial charge in [0.2, 0.25) is 5.91 Å². The number of benzene rings is 2. The SMILES string of the molecule is COc1c(CN2CCCC[C@H]2C(=O)N[C@H]2C[C@H]3C[C@@H]([C@@H]2C)C3(C)C)cccc1-c1cc(C(=O)N[C@@H](CC2=CC=CCC2)CN(C)C)cc(N(C)C)c1. The minimum atomic E-state index is -0.150. The molecule has 2 amide bonds. The van der Waals surface area contributed by atoms with Crippen LogP contribution in [0.3, 0.4) is 0 Å². The van der Waals surface area contributed by atoms with E-state index in [1.54, 1.807) is 7.11 Å². The van der Waals surface area contributed by atoms with E-state index in [0.717, 1.165) is 86.2 Å². The molecule has 52 heavy (non-hydrogen) atoms. The van der Waals surface area contributed by atoms with Crippen LogP contribution in [0.25, 0.3) is 11.1 Å². The molecule has 282 valence electrons. The van der Waals surface area contributed by atoms with Crippen molar-refractivity contribution >= 4 is 17.5 Å². The van der Waals surface area contributed by atoms with Gasteiger partial charge in [0.05, 0.1) is 13.2 Å². The summed E-state index contributed by atoms with van der Waals surface area (Å²) in [5, 5.41) is 6.90. The number of ether oxygens (including phenoxy) is 1. The van der Waals surface area contributed by atoms with Crippen LogP contribution in [0.15, 0.2) is 60.2 Å². The number of nitrogens with one attached hydrogen (secondary N) is 2. The summed E-state index contributed by atoms with van der Waals surface area (Å²) < 4.78 is 6.17. The van der Waals surface area contributed by atoms with Crippen LogP contribution in [-0.2, 0) is 11.3 Å². The molecule has 0 radical (unpaired) electrons. The summed E-state index contributed by atoms with van der Waals surface area (Å²) in [4.78, 5) is 34.5. The Bertz CT molecular complexity index is 1660. The lowest BCUT2D eigenvalue weighted by atomic mass is 9.45. The number of carbonyl (C=O) groups is 2. The number of likely N-dealkylation sites (tertiary alicyclic amines) is 1. The average Bonchev–Trinajstić information content (AvgIpc) is 3.12. The molecule has 5 aliphatic rings. The summed E-state index contributed by atoms with van der Waals surface area (Å²) in [6.07, 6.45) is 14.9. The zero-order chi connectivity index (χ0) is 37.2. The first-order chi connectivity index (χ1) is 24.8. The van der Waals surface area contributed by atoms with Gasteiger partial charge in [-0.25, -0.2) is 0 Å². The summed E-state index contributed by atoms with van der Waals surface area (Å²) in [7, 11) is 9.84. The third-order valence-electron chi connectivity index (χ3n) is 12.8. The molecule has 0 aromatic heterocycles. The van der Waals surface area contributed by atoms with Crippen LogP contribution in [0, 0.1) is 23.2 Å². The van der Waals surface area contributed by atoms with Crippen molar-refractivity contribution in [1.82, 2.24) is 20.4 Å². The van der Waals surface area contributed by atoms with Crippen LogP contribution in [0.5, 0.6) is 5.75 Å². The Kier molecular flexibility index (Phi) is 11.9. The number of hydrogen-bond acceptors (Lipinski definition) is 6. The lowest BCUT2D eigenvalue weighted by Crippen LogP contribution is -2.62. The molecule has 6 atom stereocenters. The van der Waals surface area contributed by atoms with E-state index in [9.17, 15) is 9.59 Å². The van der Waals surface area contributed by atoms with E-state index >= 15 is 0 Å². The van der Waals surface area contributed by atoms with Crippen LogP contribution >= 0.6 is 0 Å². The number of allylic oxidation sites excluding steroid dienone is 3. The van der Waals surface area contributed by atoms with Crippen molar-refractivity contribution in [3.05, 3.63) is 71.3 Å². The van der Waals surface area contributed by atoms with Gasteiger partial charge in [0.15, 0.2) is 0 Å². The van der Waals surface area contributed by atoms with Gasteiger partial charge in [-0.05, 0) is 113 Å². The van der Waals surface area contributed by atoms with Gasteiger partial charge in [0.25, 0.3) is 5.91 Å². The van der Waals surface area contributed by atoms with Gasteiger partial charge < -0.3 is 25.2 Å². The summed E-state index contributed by atoms with van der Waals surface area (Å²) in [5.41, 5.74) is 6.27. The molecule has 2 aromatic rings. The number of rotatable bonds is 13. The molecule has 7 rings (SSSR count). The third kappa shape index (κ3) is 8.28. The van der Waals surface area contributed by atoms with Crippen LogP contribution in [0.2, 0.25) is 0 Å². The van der Waals surface area contributed by atoms with Gasteiger partial charge in [-0.2, -0.15) is 0 Å². The summed E-state index contributed by atoms with van der Waals surface area (Å²) >= 11 is 0. The smallest absolute Gasteiger partial charge is 0.251 e. The second-order valence-electron chi connectivity index (χ2n) is 17.1. The molecule has 4 aliphatic carbocycles. The number of para-hydroxylation sites is 1. The highest BCUT2D eigenvalue weighted by Crippen LogP contribution is 2.61. The second kappa shape index (κ2) is 16.2. The molecule has 2 aromatic carbocycles. The van der Waals surface area contributed by atoms with Crippen LogP contribution < -0.4 is 20.3 Å². The second-order valence-corrected chi connectivity index (χ2v) is 17.1. The van der Waals surface area contributed by atoms with Crippen molar-refractivity contribution in [2.24, 2.45) is 23.2 Å². The Hall–Kier alpha value is -3.62. The standard InChI is InChI=1S/C44H63N5O3/c1-29-38-25-34(44(38,2)3)26-39(29)46-43(51)40-19-12-13-20-49(40)27-31-17-14-18-37(41(31)52-8)32-22-33(24-36(23-32)48(6)7)42(50)45-35(28-47(4)5)21-30-15-10-9-11-16-30/h9-10,14-15,17-18,22-24,29,34-35,38-40H,11-13,16,19-21,25-28H2,1-8H3,(H,45,50)(H,46,51)/t29-,34+,35-,38-,39-,40-/m0/s1. The van der Waals surface area contributed by atoms with Crippen molar-refractivity contribution in [1.29, 1.82) is 0 Å². The normalized spacial score (nSPS) is 25.9. The molecule has 0 spiro atoms. The number of amides is 2. The Balaban J connectivity index is 1.22. The number of methoxy groups -OCH3 is 1. The largest absolute Gasteiger partial charge is 0.496 e. The molecule has 3 saturated carbocycles. The maximum Gasteiger partial charge on any atom is 0.251 e. The van der Waals surface area contributed by atoms with Gasteiger partial charge in [-0.1, -0.05) is 69.2 Å². The minimum absolute atomic E-state index is 0.00174. The van der Waals surface area contributed by atoms with Crippen LogP contribution in [-0.4, -0.2) is 88.1 Å². The topological polar surface area (TPSA) is 77.1 Å². The third-order valence-corrected chi connectivity index (χ3v) is 12.8. The Morgan fingerprint density at radius 2 is 1.88 bits per heavy atom. The maximum atomic E-state index is 14.0.